The molecule has 3 nitrogen and oxygen atoms in total. The van der Waals surface area contributed by atoms with Crippen LogP contribution in [0.1, 0.15) is 45.4 Å². The highest BCUT2D eigenvalue weighted by Gasteiger charge is 2.36. The van der Waals surface area contributed by atoms with E-state index in [1.54, 1.807) is 0 Å². The predicted molar refractivity (Wildman–Crippen MR) is 80.5 cm³/mol. The number of piperidine rings is 1. The summed E-state index contributed by atoms with van der Waals surface area (Å²) in [5.74, 6) is 0.959. The van der Waals surface area contributed by atoms with Crippen LogP contribution in [0, 0.1) is 5.92 Å². The number of nitrogens with zero attached hydrogens (tertiary/aromatic N) is 2. The van der Waals surface area contributed by atoms with E-state index in [0.29, 0.717) is 0 Å². The third-order valence-corrected chi connectivity index (χ3v) is 5.54. The van der Waals surface area contributed by atoms with Crippen LogP contribution >= 0.6 is 0 Å². The number of rotatable bonds is 5. The fraction of sp³-hybridized carbons (Fsp3) is 1.00. The largest absolute Gasteiger partial charge is 0.312 e. The van der Waals surface area contributed by atoms with E-state index in [2.05, 4.69) is 22.0 Å². The van der Waals surface area contributed by atoms with Crippen LogP contribution in [-0.2, 0) is 0 Å². The number of hydrogen-bond acceptors (Lipinski definition) is 3. The highest BCUT2D eigenvalue weighted by molar-refractivity contribution is 4.95. The number of fused-ring (bicyclic) bond motifs is 1. The molecule has 0 aromatic rings. The van der Waals surface area contributed by atoms with Gasteiger partial charge in [-0.1, -0.05) is 6.92 Å². The SMILES string of the molecule is CC1CCN(CCCNC2CCN3CCCC23)CC1. The monoisotopic (exact) mass is 265 g/mol. The Balaban J connectivity index is 1.29. The van der Waals surface area contributed by atoms with E-state index in [4.69, 9.17) is 0 Å². The standard InChI is InChI=1S/C16H31N3/c1-14-5-11-18(12-6-14)9-3-8-17-15-7-13-19-10-2-4-16(15)19/h14-17H,2-13H2,1H3. The molecule has 2 unspecified atom stereocenters. The van der Waals surface area contributed by atoms with Gasteiger partial charge < -0.3 is 10.2 Å². The Kier molecular flexibility index (Phi) is 4.78. The summed E-state index contributed by atoms with van der Waals surface area (Å²) >= 11 is 0. The van der Waals surface area contributed by atoms with Crippen molar-refractivity contribution in [1.29, 1.82) is 0 Å². The van der Waals surface area contributed by atoms with E-state index in [1.807, 2.05) is 0 Å². The first-order valence-corrected chi connectivity index (χ1v) is 8.53. The van der Waals surface area contributed by atoms with Crippen LogP contribution in [0.15, 0.2) is 0 Å². The van der Waals surface area contributed by atoms with E-state index in [9.17, 15) is 0 Å². The summed E-state index contributed by atoms with van der Waals surface area (Å²) in [6, 6.07) is 1.67. The molecule has 0 aliphatic carbocycles. The fourth-order valence-electron chi connectivity index (χ4n) is 4.20. The van der Waals surface area contributed by atoms with E-state index < -0.39 is 0 Å². The van der Waals surface area contributed by atoms with E-state index >= 15 is 0 Å². The van der Waals surface area contributed by atoms with Crippen molar-refractivity contribution >= 4 is 0 Å². The summed E-state index contributed by atoms with van der Waals surface area (Å²) in [6.07, 6.45) is 8.39. The topological polar surface area (TPSA) is 18.5 Å². The van der Waals surface area contributed by atoms with Gasteiger partial charge in [-0.25, -0.2) is 0 Å². The van der Waals surface area contributed by atoms with Gasteiger partial charge in [-0.2, -0.15) is 0 Å². The lowest BCUT2D eigenvalue weighted by Crippen LogP contribution is -2.41. The summed E-state index contributed by atoms with van der Waals surface area (Å²) in [6.45, 7) is 10.3. The molecule has 0 bridgehead atoms. The molecular weight excluding hydrogens is 234 g/mol. The number of hydrogen-bond donors (Lipinski definition) is 1. The normalized spacial score (nSPS) is 33.9. The number of nitrogens with one attached hydrogen (secondary N) is 1. The highest BCUT2D eigenvalue weighted by atomic mass is 15.2. The maximum atomic E-state index is 3.83. The second-order valence-corrected chi connectivity index (χ2v) is 6.97. The van der Waals surface area contributed by atoms with Crippen molar-refractivity contribution in [1.82, 2.24) is 15.1 Å². The fourth-order valence-corrected chi connectivity index (χ4v) is 4.20. The Morgan fingerprint density at radius 1 is 1.00 bits per heavy atom. The smallest absolute Gasteiger partial charge is 0.0250 e. The third kappa shape index (κ3) is 3.50. The molecule has 110 valence electrons. The van der Waals surface area contributed by atoms with Gasteiger partial charge in [0.25, 0.3) is 0 Å². The second kappa shape index (κ2) is 6.55. The lowest BCUT2D eigenvalue weighted by molar-refractivity contribution is 0.189. The van der Waals surface area contributed by atoms with Crippen LogP contribution in [0.25, 0.3) is 0 Å². The molecule has 19 heavy (non-hydrogen) atoms. The maximum absolute atomic E-state index is 3.83. The lowest BCUT2D eigenvalue weighted by Gasteiger charge is -2.30. The van der Waals surface area contributed by atoms with E-state index in [1.165, 1.54) is 77.8 Å². The minimum Gasteiger partial charge on any atom is -0.312 e. The minimum atomic E-state index is 0.795. The van der Waals surface area contributed by atoms with Crippen LogP contribution in [0.3, 0.4) is 0 Å². The first-order chi connectivity index (χ1) is 9.33. The molecule has 0 aromatic heterocycles. The van der Waals surface area contributed by atoms with Gasteiger partial charge in [0.05, 0.1) is 0 Å². The zero-order valence-electron chi connectivity index (χ0n) is 12.6. The van der Waals surface area contributed by atoms with Gasteiger partial charge >= 0.3 is 0 Å². The summed E-state index contributed by atoms with van der Waals surface area (Å²) in [5, 5.41) is 3.83. The molecule has 2 atom stereocenters. The average Bonchev–Trinajstić information content (AvgIpc) is 3.01. The molecule has 3 saturated heterocycles. The minimum absolute atomic E-state index is 0.795. The third-order valence-electron chi connectivity index (χ3n) is 5.54. The quantitative estimate of drug-likeness (QED) is 0.766. The molecule has 0 radical (unpaired) electrons. The molecule has 3 aliphatic rings. The Bertz CT molecular complexity index is 273. The Morgan fingerprint density at radius 3 is 2.68 bits per heavy atom. The number of likely N-dealkylation sites (tertiary alicyclic amines) is 1. The molecule has 3 aliphatic heterocycles. The first-order valence-electron chi connectivity index (χ1n) is 8.53. The summed E-state index contributed by atoms with van der Waals surface area (Å²) in [5.41, 5.74) is 0. The average molecular weight is 265 g/mol. The molecule has 0 saturated carbocycles. The van der Waals surface area contributed by atoms with Crippen molar-refractivity contribution in [3.05, 3.63) is 0 Å². The van der Waals surface area contributed by atoms with Crippen LogP contribution in [-0.4, -0.2) is 61.2 Å². The van der Waals surface area contributed by atoms with E-state index in [-0.39, 0.29) is 0 Å². The summed E-state index contributed by atoms with van der Waals surface area (Å²) < 4.78 is 0. The van der Waals surface area contributed by atoms with Gasteiger partial charge in [-0.3, -0.25) is 4.90 Å². The molecule has 0 aromatic carbocycles. The van der Waals surface area contributed by atoms with Crippen molar-refractivity contribution in [2.75, 3.05) is 39.3 Å². The van der Waals surface area contributed by atoms with Gasteiger partial charge in [0, 0.05) is 18.6 Å². The Hall–Kier alpha value is -0.120. The lowest BCUT2D eigenvalue weighted by atomic mass is 9.99. The molecule has 3 rings (SSSR count). The van der Waals surface area contributed by atoms with Gasteiger partial charge in [-0.15, -0.1) is 0 Å². The Morgan fingerprint density at radius 2 is 1.84 bits per heavy atom. The van der Waals surface area contributed by atoms with Crippen LogP contribution in [0.4, 0.5) is 0 Å². The van der Waals surface area contributed by atoms with Crippen molar-refractivity contribution < 1.29 is 0 Å². The molecule has 3 fully saturated rings. The van der Waals surface area contributed by atoms with Gasteiger partial charge in [-0.05, 0) is 77.2 Å². The molecular formula is C16H31N3. The summed E-state index contributed by atoms with van der Waals surface area (Å²) in [4.78, 5) is 5.36. The molecule has 1 N–H and O–H groups in total. The van der Waals surface area contributed by atoms with Gasteiger partial charge in [0.2, 0.25) is 0 Å². The molecule has 0 spiro atoms. The van der Waals surface area contributed by atoms with E-state index in [0.717, 1.165) is 18.0 Å². The zero-order chi connectivity index (χ0) is 13.1. The molecule has 3 heteroatoms. The molecule has 3 heterocycles. The Labute approximate surface area is 118 Å². The summed E-state index contributed by atoms with van der Waals surface area (Å²) in [7, 11) is 0. The van der Waals surface area contributed by atoms with Crippen molar-refractivity contribution in [3.8, 4) is 0 Å². The van der Waals surface area contributed by atoms with Crippen molar-refractivity contribution in [2.45, 2.75) is 57.5 Å². The van der Waals surface area contributed by atoms with Gasteiger partial charge in [0.15, 0.2) is 0 Å². The predicted octanol–water partition coefficient (Wildman–Crippen LogP) is 1.93. The van der Waals surface area contributed by atoms with Crippen molar-refractivity contribution in [3.63, 3.8) is 0 Å². The van der Waals surface area contributed by atoms with Crippen LogP contribution in [0.5, 0.6) is 0 Å². The van der Waals surface area contributed by atoms with Crippen LogP contribution in [0.2, 0.25) is 0 Å². The maximum Gasteiger partial charge on any atom is 0.0250 e. The van der Waals surface area contributed by atoms with Crippen LogP contribution < -0.4 is 5.32 Å². The highest BCUT2D eigenvalue weighted by Crippen LogP contribution is 2.27. The second-order valence-electron chi connectivity index (χ2n) is 6.97. The zero-order valence-corrected chi connectivity index (χ0v) is 12.6. The van der Waals surface area contributed by atoms with Gasteiger partial charge in [0.1, 0.15) is 0 Å². The first kappa shape index (κ1) is 13.8. The molecule has 0 amide bonds. The van der Waals surface area contributed by atoms with Crippen molar-refractivity contribution in [2.24, 2.45) is 5.92 Å².